The summed E-state index contributed by atoms with van der Waals surface area (Å²) >= 11 is 0. The number of nitrogens with zero attached hydrogens (tertiary/aromatic N) is 2. The van der Waals surface area contributed by atoms with Crippen LogP contribution in [0.15, 0.2) is 35.3 Å². The van der Waals surface area contributed by atoms with E-state index >= 15 is 0 Å². The maximum Gasteiger partial charge on any atom is 0.191 e. The summed E-state index contributed by atoms with van der Waals surface area (Å²) in [4.78, 5) is 6.66. The quantitative estimate of drug-likeness (QED) is 0.345. The lowest BCUT2D eigenvalue weighted by atomic mass is 10.0. The van der Waals surface area contributed by atoms with E-state index < -0.39 is 0 Å². The predicted octanol–water partition coefficient (Wildman–Crippen LogP) is 2.51. The van der Waals surface area contributed by atoms with Crippen LogP contribution in [0.3, 0.4) is 0 Å². The van der Waals surface area contributed by atoms with E-state index in [0.717, 1.165) is 71.3 Å². The zero-order valence-electron chi connectivity index (χ0n) is 17.8. The number of rotatable bonds is 11. The molecule has 1 unspecified atom stereocenters. The standard InChI is InChI=1S/C22H38N4O2/c1-19(26(3)17-20-8-5-4-6-9-20)16-25-22(23-2)24-12-7-13-28-18-21-10-14-27-15-11-21/h4-6,8-9,19,21H,7,10-18H2,1-3H3,(H2,23,24,25). The second kappa shape index (κ2) is 13.5. The van der Waals surface area contributed by atoms with Crippen molar-refractivity contribution in [3.8, 4) is 0 Å². The van der Waals surface area contributed by atoms with Gasteiger partial charge in [-0.3, -0.25) is 9.89 Å². The van der Waals surface area contributed by atoms with Crippen molar-refractivity contribution in [3.05, 3.63) is 35.9 Å². The summed E-state index contributed by atoms with van der Waals surface area (Å²) in [6.45, 7) is 8.31. The lowest BCUT2D eigenvalue weighted by molar-refractivity contribution is 0.0203. The highest BCUT2D eigenvalue weighted by Crippen LogP contribution is 2.14. The van der Waals surface area contributed by atoms with Crippen molar-refractivity contribution in [1.82, 2.24) is 15.5 Å². The molecule has 0 spiro atoms. The Morgan fingerprint density at radius 1 is 1.25 bits per heavy atom. The summed E-state index contributed by atoms with van der Waals surface area (Å²) in [6, 6.07) is 11.0. The molecule has 1 fully saturated rings. The van der Waals surface area contributed by atoms with E-state index in [1.807, 2.05) is 7.05 Å². The molecule has 1 aliphatic rings. The second-order valence-corrected chi connectivity index (χ2v) is 7.61. The van der Waals surface area contributed by atoms with E-state index in [2.05, 4.69) is 64.8 Å². The maximum absolute atomic E-state index is 5.81. The molecule has 1 saturated heterocycles. The molecule has 158 valence electrons. The fraction of sp³-hybridized carbons (Fsp3) is 0.682. The molecule has 1 aromatic rings. The molecule has 1 atom stereocenters. The lowest BCUT2D eigenvalue weighted by Gasteiger charge is -2.26. The number of aliphatic imine (C=N–C) groups is 1. The van der Waals surface area contributed by atoms with E-state index in [-0.39, 0.29) is 0 Å². The summed E-state index contributed by atoms with van der Waals surface area (Å²) in [5, 5.41) is 6.79. The van der Waals surface area contributed by atoms with Crippen molar-refractivity contribution in [3.63, 3.8) is 0 Å². The number of nitrogens with one attached hydrogen (secondary N) is 2. The van der Waals surface area contributed by atoms with Crippen LogP contribution in [0, 0.1) is 5.92 Å². The van der Waals surface area contributed by atoms with Crippen molar-refractivity contribution in [2.24, 2.45) is 10.9 Å². The molecule has 0 radical (unpaired) electrons. The fourth-order valence-electron chi connectivity index (χ4n) is 3.19. The van der Waals surface area contributed by atoms with E-state index in [1.165, 1.54) is 5.56 Å². The van der Waals surface area contributed by atoms with E-state index in [0.29, 0.717) is 12.0 Å². The van der Waals surface area contributed by atoms with Crippen LogP contribution in [-0.2, 0) is 16.0 Å². The van der Waals surface area contributed by atoms with Crippen LogP contribution in [0.4, 0.5) is 0 Å². The minimum atomic E-state index is 0.404. The molecular weight excluding hydrogens is 352 g/mol. The molecule has 6 heteroatoms. The van der Waals surface area contributed by atoms with Crippen LogP contribution in [0.5, 0.6) is 0 Å². The first-order valence-corrected chi connectivity index (χ1v) is 10.5. The highest BCUT2D eigenvalue weighted by Gasteiger charge is 2.13. The van der Waals surface area contributed by atoms with Gasteiger partial charge in [-0.25, -0.2) is 0 Å². The van der Waals surface area contributed by atoms with Gasteiger partial charge >= 0.3 is 0 Å². The van der Waals surface area contributed by atoms with Crippen LogP contribution in [0.1, 0.15) is 31.7 Å². The zero-order valence-corrected chi connectivity index (χ0v) is 17.8. The van der Waals surface area contributed by atoms with Crippen LogP contribution >= 0.6 is 0 Å². The van der Waals surface area contributed by atoms with Crippen LogP contribution in [0.25, 0.3) is 0 Å². The Balaban J connectivity index is 1.53. The van der Waals surface area contributed by atoms with Crippen LogP contribution in [0.2, 0.25) is 0 Å². The van der Waals surface area contributed by atoms with Crippen molar-refractivity contribution < 1.29 is 9.47 Å². The third kappa shape index (κ3) is 9.04. The number of hydrogen-bond acceptors (Lipinski definition) is 4. The van der Waals surface area contributed by atoms with Crippen molar-refractivity contribution in [1.29, 1.82) is 0 Å². The zero-order chi connectivity index (χ0) is 20.0. The van der Waals surface area contributed by atoms with Crippen LogP contribution in [-0.4, -0.2) is 70.5 Å². The third-order valence-corrected chi connectivity index (χ3v) is 5.27. The molecule has 1 aliphatic heterocycles. The smallest absolute Gasteiger partial charge is 0.191 e. The first kappa shape index (κ1) is 22.7. The summed E-state index contributed by atoms with van der Waals surface area (Å²) in [6.07, 6.45) is 3.24. The Morgan fingerprint density at radius 2 is 2.00 bits per heavy atom. The van der Waals surface area contributed by atoms with Gasteiger partial charge < -0.3 is 20.1 Å². The van der Waals surface area contributed by atoms with Gasteiger partial charge in [0.2, 0.25) is 0 Å². The molecule has 0 aromatic heterocycles. The molecule has 1 heterocycles. The Hall–Kier alpha value is -1.63. The van der Waals surface area contributed by atoms with Gasteiger partial charge in [0.25, 0.3) is 0 Å². The monoisotopic (exact) mass is 390 g/mol. The van der Waals surface area contributed by atoms with Gasteiger partial charge in [-0.05, 0) is 44.7 Å². The SMILES string of the molecule is CN=C(NCCCOCC1CCOCC1)NCC(C)N(C)Cc1ccccc1. The number of guanidine groups is 1. The maximum atomic E-state index is 5.81. The summed E-state index contributed by atoms with van der Waals surface area (Å²) in [5.74, 6) is 1.52. The summed E-state index contributed by atoms with van der Waals surface area (Å²) in [7, 11) is 3.97. The van der Waals surface area contributed by atoms with E-state index in [4.69, 9.17) is 9.47 Å². The van der Waals surface area contributed by atoms with Crippen LogP contribution < -0.4 is 10.6 Å². The third-order valence-electron chi connectivity index (χ3n) is 5.27. The predicted molar refractivity (Wildman–Crippen MR) is 116 cm³/mol. The average Bonchev–Trinajstić information content (AvgIpc) is 2.74. The Bertz CT molecular complexity index is 547. The van der Waals surface area contributed by atoms with Gasteiger partial charge in [0.15, 0.2) is 5.96 Å². The molecule has 0 amide bonds. The van der Waals surface area contributed by atoms with Gasteiger partial charge in [-0.15, -0.1) is 0 Å². The van der Waals surface area contributed by atoms with Gasteiger partial charge in [0.1, 0.15) is 0 Å². The first-order valence-electron chi connectivity index (χ1n) is 10.5. The molecule has 0 aliphatic carbocycles. The molecular formula is C22H38N4O2. The normalized spacial score (nSPS) is 16.9. The molecule has 28 heavy (non-hydrogen) atoms. The Morgan fingerprint density at radius 3 is 2.71 bits per heavy atom. The fourth-order valence-corrected chi connectivity index (χ4v) is 3.19. The minimum Gasteiger partial charge on any atom is -0.381 e. The molecule has 6 nitrogen and oxygen atoms in total. The Labute approximate surface area is 170 Å². The largest absolute Gasteiger partial charge is 0.381 e. The highest BCUT2D eigenvalue weighted by molar-refractivity contribution is 5.79. The number of benzene rings is 1. The van der Waals surface area contributed by atoms with Crippen molar-refractivity contribution >= 4 is 5.96 Å². The average molecular weight is 391 g/mol. The Kier molecular flexibility index (Phi) is 10.9. The van der Waals surface area contributed by atoms with Crippen molar-refractivity contribution in [2.75, 3.05) is 53.6 Å². The summed E-state index contributed by atoms with van der Waals surface area (Å²) < 4.78 is 11.2. The lowest BCUT2D eigenvalue weighted by Crippen LogP contribution is -2.45. The highest BCUT2D eigenvalue weighted by atomic mass is 16.5. The molecule has 2 N–H and O–H groups in total. The summed E-state index contributed by atoms with van der Waals surface area (Å²) in [5.41, 5.74) is 1.33. The molecule has 0 saturated carbocycles. The van der Waals surface area contributed by atoms with E-state index in [1.54, 1.807) is 0 Å². The van der Waals surface area contributed by atoms with Gasteiger partial charge in [0.05, 0.1) is 0 Å². The van der Waals surface area contributed by atoms with Gasteiger partial charge in [-0.2, -0.15) is 0 Å². The second-order valence-electron chi connectivity index (χ2n) is 7.61. The number of hydrogen-bond donors (Lipinski definition) is 2. The topological polar surface area (TPSA) is 58.1 Å². The minimum absolute atomic E-state index is 0.404. The van der Waals surface area contributed by atoms with Crippen molar-refractivity contribution in [2.45, 2.75) is 38.8 Å². The van der Waals surface area contributed by atoms with Gasteiger partial charge in [0, 0.05) is 59.2 Å². The first-order chi connectivity index (χ1) is 13.7. The number of ether oxygens (including phenoxy) is 2. The number of likely N-dealkylation sites (N-methyl/N-ethyl adjacent to an activating group) is 1. The van der Waals surface area contributed by atoms with Gasteiger partial charge in [-0.1, -0.05) is 30.3 Å². The molecule has 1 aromatic carbocycles. The molecule has 0 bridgehead atoms. The molecule has 2 rings (SSSR count). The van der Waals surface area contributed by atoms with E-state index in [9.17, 15) is 0 Å².